The fourth-order valence-electron chi connectivity index (χ4n) is 11.0. The van der Waals surface area contributed by atoms with Gasteiger partial charge in [-0.3, -0.25) is 4.79 Å². The SMILES string of the molecule is CC(=O)C(C)CCC[C@@H](C)[C@H]1CCC2C3C(CC[C@@]21C)[C@@]1(C)CC[C@H](NCCCNCCCCNCCCN)C[C@@H]1C[C@H]3O. The van der Waals surface area contributed by atoms with Gasteiger partial charge in [-0.25, -0.2) is 0 Å². The maximum Gasteiger partial charge on any atom is 0.132 e. The Kier molecular flexibility index (Phi) is 14.1. The van der Waals surface area contributed by atoms with Crippen molar-refractivity contribution in [2.75, 3.05) is 39.3 Å². The topological polar surface area (TPSA) is 99.4 Å². The number of nitrogens with one attached hydrogen (secondary N) is 3. The Morgan fingerprint density at radius 3 is 2.18 bits per heavy atom. The fraction of sp³-hybridized carbons (Fsp3) is 0.974. The molecule has 0 spiro atoms. The lowest BCUT2D eigenvalue weighted by Gasteiger charge is -2.62. The maximum atomic E-state index is 11.8. The van der Waals surface area contributed by atoms with Gasteiger partial charge in [0, 0.05) is 12.0 Å². The molecule has 0 aromatic rings. The van der Waals surface area contributed by atoms with Crippen LogP contribution in [0.25, 0.3) is 0 Å². The minimum atomic E-state index is -0.119. The van der Waals surface area contributed by atoms with Crippen LogP contribution < -0.4 is 21.7 Å². The van der Waals surface area contributed by atoms with Crippen LogP contribution >= 0.6 is 0 Å². The highest BCUT2D eigenvalue weighted by Crippen LogP contribution is 2.68. The summed E-state index contributed by atoms with van der Waals surface area (Å²) in [5.41, 5.74) is 6.32. The number of nitrogens with two attached hydrogens (primary N) is 1. The Morgan fingerprint density at radius 1 is 0.818 bits per heavy atom. The van der Waals surface area contributed by atoms with Crippen LogP contribution in [-0.4, -0.2) is 62.3 Å². The molecule has 4 unspecified atom stereocenters. The normalized spacial score (nSPS) is 38.0. The molecule has 256 valence electrons. The third-order valence-corrected chi connectivity index (χ3v) is 13.9. The zero-order valence-electron chi connectivity index (χ0n) is 29.5. The van der Waals surface area contributed by atoms with Crippen molar-refractivity contribution in [1.82, 2.24) is 16.0 Å². The van der Waals surface area contributed by atoms with Crippen molar-refractivity contribution in [1.29, 1.82) is 0 Å². The van der Waals surface area contributed by atoms with Crippen LogP contribution in [0.4, 0.5) is 0 Å². The second kappa shape index (κ2) is 17.0. The lowest BCUT2D eigenvalue weighted by atomic mass is 9.43. The van der Waals surface area contributed by atoms with Gasteiger partial charge in [0.15, 0.2) is 0 Å². The molecule has 44 heavy (non-hydrogen) atoms. The molecule has 0 bridgehead atoms. The summed E-state index contributed by atoms with van der Waals surface area (Å²) in [7, 11) is 0. The maximum absolute atomic E-state index is 11.8. The summed E-state index contributed by atoms with van der Waals surface area (Å²) in [6, 6.07) is 0.618. The average molecular weight is 617 g/mol. The van der Waals surface area contributed by atoms with E-state index in [1.54, 1.807) is 6.92 Å². The smallest absolute Gasteiger partial charge is 0.132 e. The molecule has 4 saturated carbocycles. The van der Waals surface area contributed by atoms with Gasteiger partial charge >= 0.3 is 0 Å². The summed E-state index contributed by atoms with van der Waals surface area (Å²) in [4.78, 5) is 11.7. The number of hydrogen-bond donors (Lipinski definition) is 5. The standard InChI is InChI=1S/C38H72N4O2/c1-27(29(3)43)11-8-12-28(2)32-13-14-33-36-34(16-18-38(32,33)5)37(4)17-15-31(25-30(37)26-35(36)44)42-24-10-23-41-21-7-6-20-40-22-9-19-39/h27-28,30-36,40-42,44H,6-26,39H2,1-5H3/t27?,28-,30-,31+,32-,33?,34?,35-,36?,37+,38-/m1/s1. The molecule has 0 amide bonds. The molecule has 4 aliphatic carbocycles. The molecule has 0 aromatic carbocycles. The number of rotatable bonds is 19. The Bertz CT molecular complexity index is 870. The quantitative estimate of drug-likeness (QED) is 0.109. The number of carbonyl (C=O) groups excluding carboxylic acids is 1. The monoisotopic (exact) mass is 617 g/mol. The Balaban J connectivity index is 1.20. The number of unbranched alkanes of at least 4 members (excludes halogenated alkanes) is 1. The molecule has 4 aliphatic rings. The van der Waals surface area contributed by atoms with Gasteiger partial charge in [0.1, 0.15) is 5.78 Å². The number of aliphatic hydroxyl groups is 1. The second-order valence-electron chi connectivity index (χ2n) is 16.6. The average Bonchev–Trinajstić information content (AvgIpc) is 3.35. The van der Waals surface area contributed by atoms with E-state index >= 15 is 0 Å². The van der Waals surface area contributed by atoms with E-state index < -0.39 is 0 Å². The van der Waals surface area contributed by atoms with E-state index in [9.17, 15) is 9.90 Å². The van der Waals surface area contributed by atoms with Gasteiger partial charge in [-0.05, 0) is 176 Å². The van der Waals surface area contributed by atoms with Crippen LogP contribution in [0.1, 0.15) is 131 Å². The Morgan fingerprint density at radius 2 is 1.48 bits per heavy atom. The molecule has 0 aliphatic heterocycles. The fourth-order valence-corrected chi connectivity index (χ4v) is 11.0. The number of ketones is 1. The van der Waals surface area contributed by atoms with E-state index in [2.05, 4.69) is 43.6 Å². The molecule has 0 saturated heterocycles. The minimum Gasteiger partial charge on any atom is -0.393 e. The molecule has 6 N–H and O–H groups in total. The Hall–Kier alpha value is -0.530. The molecule has 0 radical (unpaired) electrons. The van der Waals surface area contributed by atoms with Crippen molar-refractivity contribution in [3.05, 3.63) is 0 Å². The predicted molar refractivity (Wildman–Crippen MR) is 185 cm³/mol. The van der Waals surface area contributed by atoms with Gasteiger partial charge in [0.05, 0.1) is 6.10 Å². The lowest BCUT2D eigenvalue weighted by Crippen LogP contribution is -2.59. The largest absolute Gasteiger partial charge is 0.393 e. The molecule has 0 heterocycles. The van der Waals surface area contributed by atoms with Crippen LogP contribution in [0.15, 0.2) is 0 Å². The van der Waals surface area contributed by atoms with Crippen molar-refractivity contribution in [2.45, 2.75) is 143 Å². The predicted octanol–water partition coefficient (Wildman–Crippen LogP) is 6.30. The number of carbonyl (C=O) groups is 1. The van der Waals surface area contributed by atoms with Crippen LogP contribution in [0, 0.1) is 52.3 Å². The highest BCUT2D eigenvalue weighted by Gasteiger charge is 2.62. The third-order valence-electron chi connectivity index (χ3n) is 13.9. The van der Waals surface area contributed by atoms with E-state index in [0.29, 0.717) is 46.3 Å². The number of Topliss-reactive ketones (excluding diaryl/α,β-unsaturated/α-hetero) is 1. The zero-order valence-corrected chi connectivity index (χ0v) is 29.5. The molecule has 4 fully saturated rings. The molecular formula is C38H72N4O2. The summed E-state index contributed by atoms with van der Waals surface area (Å²) in [5.74, 6) is 4.58. The highest BCUT2D eigenvalue weighted by molar-refractivity contribution is 5.77. The zero-order chi connectivity index (χ0) is 31.7. The van der Waals surface area contributed by atoms with Crippen LogP contribution in [0.3, 0.4) is 0 Å². The first-order chi connectivity index (χ1) is 21.1. The molecule has 6 nitrogen and oxygen atoms in total. The number of aliphatic hydroxyl groups excluding tert-OH is 1. The van der Waals surface area contributed by atoms with E-state index in [4.69, 9.17) is 5.73 Å². The highest BCUT2D eigenvalue weighted by atomic mass is 16.3. The van der Waals surface area contributed by atoms with Crippen molar-refractivity contribution in [3.63, 3.8) is 0 Å². The van der Waals surface area contributed by atoms with E-state index in [1.165, 1.54) is 77.0 Å². The van der Waals surface area contributed by atoms with E-state index in [0.717, 1.165) is 70.4 Å². The van der Waals surface area contributed by atoms with Gasteiger partial charge in [0.2, 0.25) is 0 Å². The molecule has 0 aromatic heterocycles. The van der Waals surface area contributed by atoms with Crippen molar-refractivity contribution in [2.24, 2.45) is 58.0 Å². The van der Waals surface area contributed by atoms with E-state index in [-0.39, 0.29) is 12.0 Å². The molecule has 6 heteroatoms. The van der Waals surface area contributed by atoms with Gasteiger partial charge in [-0.2, -0.15) is 0 Å². The van der Waals surface area contributed by atoms with Gasteiger partial charge < -0.3 is 26.8 Å². The summed E-state index contributed by atoms with van der Waals surface area (Å²) in [6.45, 7) is 17.8. The van der Waals surface area contributed by atoms with Crippen LogP contribution in [-0.2, 0) is 4.79 Å². The summed E-state index contributed by atoms with van der Waals surface area (Å²) in [6.07, 6.45) is 18.3. The Labute approximate surface area is 271 Å². The first kappa shape index (κ1) is 36.3. The van der Waals surface area contributed by atoms with Crippen molar-refractivity contribution >= 4 is 5.78 Å². The first-order valence-electron chi connectivity index (χ1n) is 19.1. The summed E-state index contributed by atoms with van der Waals surface area (Å²) < 4.78 is 0. The van der Waals surface area contributed by atoms with Crippen LogP contribution in [0.2, 0.25) is 0 Å². The van der Waals surface area contributed by atoms with Gasteiger partial charge in [-0.15, -0.1) is 0 Å². The number of hydrogen-bond acceptors (Lipinski definition) is 6. The third kappa shape index (κ3) is 8.68. The van der Waals surface area contributed by atoms with E-state index in [1.807, 2.05) is 0 Å². The molecule has 11 atom stereocenters. The van der Waals surface area contributed by atoms with Gasteiger partial charge in [0.25, 0.3) is 0 Å². The summed E-state index contributed by atoms with van der Waals surface area (Å²) in [5, 5.41) is 22.8. The second-order valence-corrected chi connectivity index (χ2v) is 16.6. The van der Waals surface area contributed by atoms with Crippen LogP contribution in [0.5, 0.6) is 0 Å². The molecule has 4 rings (SSSR count). The number of fused-ring (bicyclic) bond motifs is 5. The lowest BCUT2D eigenvalue weighted by molar-refractivity contribution is -0.167. The minimum absolute atomic E-state index is 0.119. The molecular weight excluding hydrogens is 544 g/mol. The summed E-state index contributed by atoms with van der Waals surface area (Å²) >= 11 is 0. The van der Waals surface area contributed by atoms with Gasteiger partial charge in [-0.1, -0.05) is 40.5 Å². The van der Waals surface area contributed by atoms with Crippen molar-refractivity contribution < 1.29 is 9.90 Å². The first-order valence-corrected chi connectivity index (χ1v) is 19.1. The van der Waals surface area contributed by atoms with Crippen molar-refractivity contribution in [3.8, 4) is 0 Å².